The Morgan fingerprint density at radius 1 is 1.43 bits per heavy atom. The molecular formula is C9H16N4O. The Morgan fingerprint density at radius 3 is 2.50 bits per heavy atom. The lowest BCUT2D eigenvalue weighted by Gasteiger charge is -2.06. The number of rotatable bonds is 3. The van der Waals surface area contributed by atoms with Crippen LogP contribution >= 0.6 is 0 Å². The predicted octanol–water partition coefficient (Wildman–Crippen LogP) is 0.934. The van der Waals surface area contributed by atoms with Gasteiger partial charge in [-0.25, -0.2) is 0 Å². The second kappa shape index (κ2) is 4.13. The van der Waals surface area contributed by atoms with Gasteiger partial charge in [0.2, 0.25) is 0 Å². The van der Waals surface area contributed by atoms with Crippen LogP contribution in [0.15, 0.2) is 0 Å². The number of aromatic nitrogens is 2. The molecule has 1 amide bonds. The molecule has 1 aromatic heterocycles. The third-order valence-corrected chi connectivity index (χ3v) is 2.06. The molecule has 0 unspecified atom stereocenters. The van der Waals surface area contributed by atoms with Crippen molar-refractivity contribution in [2.75, 3.05) is 19.4 Å². The maximum Gasteiger partial charge on any atom is 0.273 e. The number of nitrogens with one attached hydrogen (secondary N) is 3. The number of anilines is 1. The predicted molar refractivity (Wildman–Crippen MR) is 55.6 cm³/mol. The number of carbonyl (C=O) groups is 1. The second-order valence-corrected chi connectivity index (χ2v) is 3.34. The third-order valence-electron chi connectivity index (χ3n) is 2.06. The Bertz CT molecular complexity index is 330. The molecule has 5 heteroatoms. The van der Waals surface area contributed by atoms with E-state index in [1.165, 1.54) is 0 Å². The summed E-state index contributed by atoms with van der Waals surface area (Å²) in [7, 11) is 3.37. The van der Waals surface area contributed by atoms with Gasteiger partial charge in [-0.15, -0.1) is 0 Å². The standard InChI is InChI=1S/C9H16N4O/c1-5(2)6-7(10-3)8(13-12-6)9(14)11-4/h5,10H,1-4H3,(H,11,14)(H,12,13). The molecule has 0 atom stereocenters. The van der Waals surface area contributed by atoms with Crippen LogP contribution in [-0.2, 0) is 0 Å². The Morgan fingerprint density at radius 2 is 2.07 bits per heavy atom. The fraction of sp³-hybridized carbons (Fsp3) is 0.556. The highest BCUT2D eigenvalue weighted by Gasteiger charge is 2.18. The Hall–Kier alpha value is -1.52. The van der Waals surface area contributed by atoms with Gasteiger partial charge in [-0.2, -0.15) is 5.10 Å². The van der Waals surface area contributed by atoms with Crippen LogP contribution in [0.2, 0.25) is 0 Å². The first kappa shape index (κ1) is 10.6. The van der Waals surface area contributed by atoms with Crippen LogP contribution in [-0.4, -0.2) is 30.2 Å². The number of carbonyl (C=O) groups excluding carboxylic acids is 1. The number of nitrogens with zero attached hydrogens (tertiary/aromatic N) is 1. The molecule has 0 aromatic carbocycles. The van der Waals surface area contributed by atoms with Crippen molar-refractivity contribution in [2.45, 2.75) is 19.8 Å². The van der Waals surface area contributed by atoms with E-state index in [1.54, 1.807) is 14.1 Å². The lowest BCUT2D eigenvalue weighted by molar-refractivity contribution is 0.0959. The van der Waals surface area contributed by atoms with Gasteiger partial charge in [0.25, 0.3) is 5.91 Å². The van der Waals surface area contributed by atoms with Crippen LogP contribution in [0.1, 0.15) is 35.9 Å². The van der Waals surface area contributed by atoms with E-state index in [4.69, 9.17) is 0 Å². The first-order chi connectivity index (χ1) is 6.61. The Labute approximate surface area is 83.3 Å². The van der Waals surface area contributed by atoms with Crippen LogP contribution in [0.4, 0.5) is 5.69 Å². The maximum atomic E-state index is 11.4. The molecule has 0 spiro atoms. The van der Waals surface area contributed by atoms with Gasteiger partial charge >= 0.3 is 0 Å². The second-order valence-electron chi connectivity index (χ2n) is 3.34. The minimum atomic E-state index is -0.183. The fourth-order valence-electron chi connectivity index (χ4n) is 1.31. The average molecular weight is 196 g/mol. The molecule has 0 bridgehead atoms. The monoisotopic (exact) mass is 196 g/mol. The quantitative estimate of drug-likeness (QED) is 0.673. The third kappa shape index (κ3) is 1.71. The molecule has 0 aliphatic carbocycles. The summed E-state index contributed by atoms with van der Waals surface area (Å²) in [5.74, 6) is 0.126. The fourth-order valence-corrected chi connectivity index (χ4v) is 1.31. The maximum absolute atomic E-state index is 11.4. The number of H-pyrrole nitrogens is 1. The van der Waals surface area contributed by atoms with E-state index in [-0.39, 0.29) is 5.91 Å². The molecule has 0 radical (unpaired) electrons. The summed E-state index contributed by atoms with van der Waals surface area (Å²) in [6.45, 7) is 4.09. The molecule has 5 nitrogen and oxygen atoms in total. The van der Waals surface area contributed by atoms with Crippen LogP contribution in [0.5, 0.6) is 0 Å². The normalized spacial score (nSPS) is 10.4. The average Bonchev–Trinajstić information content (AvgIpc) is 2.59. The van der Waals surface area contributed by atoms with Gasteiger partial charge in [0, 0.05) is 14.1 Å². The van der Waals surface area contributed by atoms with Gasteiger partial charge < -0.3 is 10.6 Å². The van der Waals surface area contributed by atoms with E-state index < -0.39 is 0 Å². The van der Waals surface area contributed by atoms with Gasteiger partial charge in [0.05, 0.1) is 11.4 Å². The molecule has 0 saturated carbocycles. The number of hydrogen-bond acceptors (Lipinski definition) is 3. The van der Waals surface area contributed by atoms with E-state index in [0.29, 0.717) is 11.6 Å². The van der Waals surface area contributed by atoms with Crippen LogP contribution in [0.3, 0.4) is 0 Å². The van der Waals surface area contributed by atoms with Gasteiger partial charge in [-0.05, 0) is 5.92 Å². The molecule has 1 aromatic rings. The zero-order valence-electron chi connectivity index (χ0n) is 8.93. The molecule has 78 valence electrons. The van der Waals surface area contributed by atoms with Crippen LogP contribution in [0, 0.1) is 0 Å². The highest BCUT2D eigenvalue weighted by molar-refractivity contribution is 5.98. The zero-order valence-corrected chi connectivity index (χ0v) is 8.93. The summed E-state index contributed by atoms with van der Waals surface area (Å²) < 4.78 is 0. The first-order valence-electron chi connectivity index (χ1n) is 4.59. The zero-order chi connectivity index (χ0) is 10.7. The molecule has 0 saturated heterocycles. The number of amides is 1. The topological polar surface area (TPSA) is 69.8 Å². The van der Waals surface area contributed by atoms with Gasteiger partial charge in [0.1, 0.15) is 0 Å². The first-order valence-corrected chi connectivity index (χ1v) is 4.59. The van der Waals surface area contributed by atoms with E-state index in [1.807, 2.05) is 13.8 Å². The van der Waals surface area contributed by atoms with Gasteiger partial charge in [0.15, 0.2) is 5.69 Å². The summed E-state index contributed by atoms with van der Waals surface area (Å²) in [6, 6.07) is 0. The van der Waals surface area contributed by atoms with E-state index >= 15 is 0 Å². The Balaban J connectivity index is 3.13. The molecular weight excluding hydrogens is 180 g/mol. The van der Waals surface area contributed by atoms with E-state index in [0.717, 1.165) is 11.4 Å². The van der Waals surface area contributed by atoms with Crippen molar-refractivity contribution in [3.05, 3.63) is 11.4 Å². The largest absolute Gasteiger partial charge is 0.385 e. The highest BCUT2D eigenvalue weighted by Crippen LogP contribution is 2.24. The number of aromatic amines is 1. The molecule has 3 N–H and O–H groups in total. The summed E-state index contributed by atoms with van der Waals surface area (Å²) >= 11 is 0. The van der Waals surface area contributed by atoms with Crippen molar-refractivity contribution in [2.24, 2.45) is 0 Å². The lowest BCUT2D eigenvalue weighted by atomic mass is 10.1. The van der Waals surface area contributed by atoms with Crippen LogP contribution < -0.4 is 10.6 Å². The molecule has 14 heavy (non-hydrogen) atoms. The molecule has 0 aliphatic heterocycles. The van der Waals surface area contributed by atoms with Gasteiger partial charge in [-0.3, -0.25) is 9.89 Å². The summed E-state index contributed by atoms with van der Waals surface area (Å²) in [6.07, 6.45) is 0. The highest BCUT2D eigenvalue weighted by atomic mass is 16.1. The van der Waals surface area contributed by atoms with Crippen molar-refractivity contribution in [3.8, 4) is 0 Å². The van der Waals surface area contributed by atoms with Crippen molar-refractivity contribution in [3.63, 3.8) is 0 Å². The SMILES string of the molecule is CNC(=O)c1n[nH]c(C(C)C)c1NC. The van der Waals surface area contributed by atoms with Crippen LogP contribution in [0.25, 0.3) is 0 Å². The van der Waals surface area contributed by atoms with Crippen molar-refractivity contribution < 1.29 is 4.79 Å². The summed E-state index contributed by atoms with van der Waals surface area (Å²) in [5.41, 5.74) is 2.14. The van der Waals surface area contributed by atoms with E-state index in [9.17, 15) is 4.79 Å². The van der Waals surface area contributed by atoms with Crippen molar-refractivity contribution in [1.82, 2.24) is 15.5 Å². The summed E-state index contributed by atoms with van der Waals surface area (Å²) in [4.78, 5) is 11.4. The molecule has 0 fully saturated rings. The minimum absolute atomic E-state index is 0.183. The van der Waals surface area contributed by atoms with Gasteiger partial charge in [-0.1, -0.05) is 13.8 Å². The minimum Gasteiger partial charge on any atom is -0.385 e. The van der Waals surface area contributed by atoms with Crippen molar-refractivity contribution >= 4 is 11.6 Å². The van der Waals surface area contributed by atoms with E-state index in [2.05, 4.69) is 20.8 Å². The smallest absolute Gasteiger partial charge is 0.273 e. The Kier molecular flexibility index (Phi) is 3.11. The number of hydrogen-bond donors (Lipinski definition) is 3. The molecule has 1 rings (SSSR count). The molecule has 0 aliphatic rings. The van der Waals surface area contributed by atoms with Crippen molar-refractivity contribution in [1.29, 1.82) is 0 Å². The lowest BCUT2D eigenvalue weighted by Crippen LogP contribution is -2.19. The summed E-state index contributed by atoms with van der Waals surface area (Å²) in [5, 5.41) is 12.4. The molecule has 1 heterocycles.